The number of carbonyl (C=O) groups excluding carboxylic acids is 1. The fourth-order valence-corrected chi connectivity index (χ4v) is 1.59. The highest BCUT2D eigenvalue weighted by molar-refractivity contribution is 6.00. The molecule has 1 aromatic rings. The van der Waals surface area contributed by atoms with Gasteiger partial charge < -0.3 is 9.84 Å². The number of morpholine rings is 1. The average Bonchev–Trinajstić information content (AvgIpc) is 2.29. The second-order valence-electron chi connectivity index (χ2n) is 3.34. The quantitative estimate of drug-likeness (QED) is 0.755. The van der Waals surface area contributed by atoms with E-state index >= 15 is 0 Å². The number of aromatic nitrogens is 1. The number of hydrogen-bond acceptors (Lipinski definition) is 4. The van der Waals surface area contributed by atoms with E-state index < -0.39 is 12.0 Å². The third kappa shape index (κ3) is 1.87. The van der Waals surface area contributed by atoms with Crippen molar-refractivity contribution in [2.24, 2.45) is 0 Å². The summed E-state index contributed by atoms with van der Waals surface area (Å²) in [6.07, 6.45) is 3.02. The first-order valence-electron chi connectivity index (χ1n) is 4.73. The zero-order valence-corrected chi connectivity index (χ0v) is 8.37. The van der Waals surface area contributed by atoms with E-state index in [0.717, 1.165) is 0 Å². The normalized spacial score (nSPS) is 20.9. The van der Waals surface area contributed by atoms with E-state index in [1.165, 1.54) is 17.3 Å². The number of carboxylic acid groups (broad SMARTS) is 1. The number of anilines is 1. The molecule has 1 amide bonds. The van der Waals surface area contributed by atoms with Crippen LogP contribution in [0.1, 0.15) is 0 Å². The van der Waals surface area contributed by atoms with Crippen LogP contribution in [0.4, 0.5) is 5.69 Å². The fraction of sp³-hybridized carbons (Fsp3) is 0.300. The average molecular weight is 222 g/mol. The largest absolute Gasteiger partial charge is 0.480 e. The maximum atomic E-state index is 11.6. The molecular weight excluding hydrogens is 212 g/mol. The minimum atomic E-state index is -1.08. The topological polar surface area (TPSA) is 79.7 Å². The Bertz CT molecular complexity index is 407. The Labute approximate surface area is 91.5 Å². The molecule has 1 unspecified atom stereocenters. The van der Waals surface area contributed by atoms with Crippen LogP contribution in [0.2, 0.25) is 0 Å². The molecular formula is C10H10N2O4. The molecule has 84 valence electrons. The molecule has 6 heteroatoms. The van der Waals surface area contributed by atoms with Gasteiger partial charge in [0.1, 0.15) is 6.61 Å². The van der Waals surface area contributed by atoms with Gasteiger partial charge in [-0.25, -0.2) is 4.79 Å². The monoisotopic (exact) mass is 222 g/mol. The molecule has 0 bridgehead atoms. The highest BCUT2D eigenvalue weighted by Crippen LogP contribution is 2.19. The molecule has 0 saturated carbocycles. The van der Waals surface area contributed by atoms with Gasteiger partial charge in [0, 0.05) is 18.1 Å². The standard InChI is InChI=1S/C10H10N2O4/c13-9-6-16-5-8(10(14)15)12(9)7-1-3-11-4-2-7/h1-4,8H,5-6H2,(H,14,15). The SMILES string of the molecule is O=C(O)C1COCC(=O)N1c1ccncc1. The van der Waals surface area contributed by atoms with Crippen molar-refractivity contribution in [1.29, 1.82) is 0 Å². The Balaban J connectivity index is 2.34. The van der Waals surface area contributed by atoms with Crippen LogP contribution >= 0.6 is 0 Å². The Hall–Kier alpha value is -1.95. The summed E-state index contributed by atoms with van der Waals surface area (Å²) in [6, 6.07) is 2.22. The molecule has 0 spiro atoms. The minimum absolute atomic E-state index is 0.00337. The molecule has 0 aromatic carbocycles. The van der Waals surface area contributed by atoms with E-state index in [1.54, 1.807) is 12.1 Å². The van der Waals surface area contributed by atoms with Gasteiger partial charge in [-0.2, -0.15) is 0 Å². The lowest BCUT2D eigenvalue weighted by Crippen LogP contribution is -2.53. The van der Waals surface area contributed by atoms with Gasteiger partial charge in [-0.1, -0.05) is 0 Å². The molecule has 1 aliphatic rings. The number of ether oxygens (including phenoxy) is 1. The molecule has 1 fully saturated rings. The Morgan fingerprint density at radius 1 is 1.50 bits per heavy atom. The van der Waals surface area contributed by atoms with Crippen molar-refractivity contribution in [3.63, 3.8) is 0 Å². The number of aliphatic carboxylic acids is 1. The highest BCUT2D eigenvalue weighted by Gasteiger charge is 2.34. The molecule has 16 heavy (non-hydrogen) atoms. The zero-order valence-electron chi connectivity index (χ0n) is 8.37. The lowest BCUT2D eigenvalue weighted by atomic mass is 10.2. The van der Waals surface area contributed by atoms with Crippen LogP contribution in [0.25, 0.3) is 0 Å². The van der Waals surface area contributed by atoms with E-state index in [0.29, 0.717) is 5.69 Å². The summed E-state index contributed by atoms with van der Waals surface area (Å²) in [5.41, 5.74) is 0.524. The van der Waals surface area contributed by atoms with Gasteiger partial charge in [0.15, 0.2) is 6.04 Å². The van der Waals surface area contributed by atoms with Crippen LogP contribution in [-0.2, 0) is 14.3 Å². The van der Waals surface area contributed by atoms with Gasteiger partial charge in [-0.3, -0.25) is 14.7 Å². The lowest BCUT2D eigenvalue weighted by molar-refractivity contribution is -0.145. The van der Waals surface area contributed by atoms with Crippen LogP contribution < -0.4 is 4.90 Å². The number of carboxylic acids is 1. The van der Waals surface area contributed by atoms with Crippen LogP contribution in [0.3, 0.4) is 0 Å². The van der Waals surface area contributed by atoms with Gasteiger partial charge in [0.2, 0.25) is 0 Å². The zero-order chi connectivity index (χ0) is 11.5. The van der Waals surface area contributed by atoms with Gasteiger partial charge >= 0.3 is 5.97 Å². The molecule has 1 aromatic heterocycles. The Kier molecular flexibility index (Phi) is 2.82. The van der Waals surface area contributed by atoms with Crippen LogP contribution in [-0.4, -0.2) is 41.2 Å². The number of carbonyl (C=O) groups is 2. The molecule has 1 N–H and O–H groups in total. The number of hydrogen-bond donors (Lipinski definition) is 1. The summed E-state index contributed by atoms with van der Waals surface area (Å²) in [5.74, 6) is -1.44. The molecule has 6 nitrogen and oxygen atoms in total. The highest BCUT2D eigenvalue weighted by atomic mass is 16.5. The fourth-order valence-electron chi connectivity index (χ4n) is 1.59. The lowest BCUT2D eigenvalue weighted by Gasteiger charge is -2.32. The second-order valence-corrected chi connectivity index (χ2v) is 3.34. The third-order valence-corrected chi connectivity index (χ3v) is 2.31. The van der Waals surface area contributed by atoms with E-state index in [2.05, 4.69) is 4.98 Å². The van der Waals surface area contributed by atoms with Gasteiger partial charge in [-0.15, -0.1) is 0 Å². The summed E-state index contributed by atoms with van der Waals surface area (Å²) in [4.78, 5) is 27.7. The first kappa shape index (κ1) is 10.6. The van der Waals surface area contributed by atoms with Crippen LogP contribution in [0.15, 0.2) is 24.5 Å². The Morgan fingerprint density at radius 3 is 2.81 bits per heavy atom. The first-order chi connectivity index (χ1) is 7.70. The maximum Gasteiger partial charge on any atom is 0.329 e. The van der Waals surface area contributed by atoms with Crippen molar-refractivity contribution in [2.75, 3.05) is 18.1 Å². The summed E-state index contributed by atoms with van der Waals surface area (Å²) in [6.45, 7) is -0.0878. The molecule has 2 heterocycles. The first-order valence-corrected chi connectivity index (χ1v) is 4.73. The second kappa shape index (κ2) is 4.28. The minimum Gasteiger partial charge on any atom is -0.480 e. The summed E-state index contributed by atoms with van der Waals surface area (Å²) >= 11 is 0. The van der Waals surface area contributed by atoms with E-state index in [-0.39, 0.29) is 19.1 Å². The van der Waals surface area contributed by atoms with Crippen LogP contribution in [0, 0.1) is 0 Å². The third-order valence-electron chi connectivity index (χ3n) is 2.31. The van der Waals surface area contributed by atoms with Gasteiger partial charge in [0.05, 0.1) is 6.61 Å². The van der Waals surface area contributed by atoms with Crippen molar-refractivity contribution in [3.8, 4) is 0 Å². The number of amides is 1. The molecule has 1 aliphatic heterocycles. The van der Waals surface area contributed by atoms with E-state index in [1.807, 2.05) is 0 Å². The van der Waals surface area contributed by atoms with Crippen molar-refractivity contribution < 1.29 is 19.4 Å². The van der Waals surface area contributed by atoms with Gasteiger partial charge in [-0.05, 0) is 12.1 Å². The van der Waals surface area contributed by atoms with Crippen LogP contribution in [0.5, 0.6) is 0 Å². The summed E-state index contributed by atoms with van der Waals surface area (Å²) in [7, 11) is 0. The van der Waals surface area contributed by atoms with E-state index in [4.69, 9.17) is 9.84 Å². The summed E-state index contributed by atoms with van der Waals surface area (Å²) in [5, 5.41) is 9.00. The maximum absolute atomic E-state index is 11.6. The van der Waals surface area contributed by atoms with Crippen molar-refractivity contribution in [2.45, 2.75) is 6.04 Å². The number of nitrogens with zero attached hydrogens (tertiary/aromatic N) is 2. The molecule has 0 aliphatic carbocycles. The van der Waals surface area contributed by atoms with Crippen molar-refractivity contribution >= 4 is 17.6 Å². The Morgan fingerprint density at radius 2 is 2.19 bits per heavy atom. The smallest absolute Gasteiger partial charge is 0.329 e. The summed E-state index contributed by atoms with van der Waals surface area (Å²) < 4.78 is 4.92. The molecule has 1 atom stereocenters. The molecule has 0 radical (unpaired) electrons. The predicted octanol–water partition coefficient (Wildman–Crippen LogP) is -0.102. The molecule has 1 saturated heterocycles. The van der Waals surface area contributed by atoms with Gasteiger partial charge in [0.25, 0.3) is 5.91 Å². The molecule has 2 rings (SSSR count). The van der Waals surface area contributed by atoms with Crippen molar-refractivity contribution in [1.82, 2.24) is 4.98 Å². The number of pyridine rings is 1. The number of rotatable bonds is 2. The predicted molar refractivity (Wildman–Crippen MR) is 54.0 cm³/mol. The van der Waals surface area contributed by atoms with Crippen molar-refractivity contribution in [3.05, 3.63) is 24.5 Å². The van der Waals surface area contributed by atoms with E-state index in [9.17, 15) is 9.59 Å².